The van der Waals surface area contributed by atoms with Crippen LogP contribution in [0.2, 0.25) is 0 Å². The van der Waals surface area contributed by atoms with Crippen molar-refractivity contribution in [3.63, 3.8) is 0 Å². The first-order chi connectivity index (χ1) is 7.68. The van der Waals surface area contributed by atoms with E-state index < -0.39 is 0 Å². The molecule has 2 aromatic heterocycles. The van der Waals surface area contributed by atoms with Gasteiger partial charge < -0.3 is 0 Å². The third-order valence-electron chi connectivity index (χ3n) is 3.16. The van der Waals surface area contributed by atoms with Crippen LogP contribution in [0.4, 0.5) is 0 Å². The summed E-state index contributed by atoms with van der Waals surface area (Å²) < 4.78 is 2.43. The van der Waals surface area contributed by atoms with Crippen molar-refractivity contribution < 1.29 is 0 Å². The molecule has 0 fully saturated rings. The predicted molar refractivity (Wildman–Crippen MR) is 64.9 cm³/mol. The molecule has 0 saturated heterocycles. The molecular weight excluding hydrogens is 270 g/mol. The van der Waals surface area contributed by atoms with Gasteiger partial charge in [0.25, 0.3) is 5.56 Å². The van der Waals surface area contributed by atoms with Crippen molar-refractivity contribution in [1.29, 1.82) is 0 Å². The van der Waals surface area contributed by atoms with Gasteiger partial charge in [0.05, 0.1) is 10.2 Å². The molecule has 0 radical (unpaired) electrons. The number of nitrogens with zero attached hydrogens (tertiary/aromatic N) is 2. The summed E-state index contributed by atoms with van der Waals surface area (Å²) in [6.45, 7) is 1.93. The van der Waals surface area contributed by atoms with Gasteiger partial charge >= 0.3 is 0 Å². The predicted octanol–water partition coefficient (Wildman–Crippen LogP) is 1.97. The Balaban J connectivity index is 2.44. The maximum absolute atomic E-state index is 12.2. The maximum Gasteiger partial charge on any atom is 0.276 e. The Morgan fingerprint density at radius 3 is 2.94 bits per heavy atom. The van der Waals surface area contributed by atoms with Crippen molar-refractivity contribution in [3.8, 4) is 0 Å². The van der Waals surface area contributed by atoms with Crippen molar-refractivity contribution in [2.24, 2.45) is 0 Å². The van der Waals surface area contributed by atoms with E-state index >= 15 is 0 Å². The Morgan fingerprint density at radius 1 is 1.38 bits per heavy atom. The second kappa shape index (κ2) is 3.45. The molecule has 2 aromatic rings. The highest BCUT2D eigenvalue weighted by molar-refractivity contribution is 9.10. The molecule has 0 saturated carbocycles. The number of rotatable bonds is 0. The highest BCUT2D eigenvalue weighted by Gasteiger charge is 2.19. The Bertz CT molecular complexity index is 626. The second-order valence-corrected chi connectivity index (χ2v) is 5.05. The summed E-state index contributed by atoms with van der Waals surface area (Å²) in [5, 5.41) is 3.04. The number of aromatic amines is 1. The molecule has 3 rings (SSSR count). The number of hydrogen-bond acceptors (Lipinski definition) is 2. The Kier molecular flexibility index (Phi) is 2.17. The molecule has 0 amide bonds. The molecule has 0 aliphatic heterocycles. The molecule has 16 heavy (non-hydrogen) atoms. The zero-order valence-electron chi connectivity index (χ0n) is 9.01. The summed E-state index contributed by atoms with van der Waals surface area (Å²) >= 11 is 3.46. The molecule has 0 spiro atoms. The summed E-state index contributed by atoms with van der Waals surface area (Å²) in [6.07, 6.45) is 4.02. The van der Waals surface area contributed by atoms with E-state index in [1.54, 1.807) is 4.52 Å². The minimum absolute atomic E-state index is 0.0634. The number of fused-ring (bicyclic) bond motifs is 2. The van der Waals surface area contributed by atoms with Crippen LogP contribution in [-0.4, -0.2) is 14.6 Å². The summed E-state index contributed by atoms with van der Waals surface area (Å²) in [4.78, 5) is 16.8. The van der Waals surface area contributed by atoms with Crippen molar-refractivity contribution in [2.45, 2.75) is 32.6 Å². The van der Waals surface area contributed by atoms with E-state index in [1.807, 2.05) is 6.92 Å². The minimum atomic E-state index is 0.0634. The van der Waals surface area contributed by atoms with Gasteiger partial charge in [-0.25, -0.2) is 9.50 Å². The lowest BCUT2D eigenvalue weighted by Gasteiger charge is -2.13. The quantitative estimate of drug-likeness (QED) is 0.803. The first-order valence-corrected chi connectivity index (χ1v) is 6.26. The van der Waals surface area contributed by atoms with Gasteiger partial charge in [0.1, 0.15) is 0 Å². The molecule has 4 nitrogen and oxygen atoms in total. The summed E-state index contributed by atoms with van der Waals surface area (Å²) in [5.74, 6) is 0. The molecule has 0 atom stereocenters. The van der Waals surface area contributed by atoms with E-state index in [1.165, 1.54) is 0 Å². The van der Waals surface area contributed by atoms with Gasteiger partial charge in [-0.1, -0.05) is 0 Å². The largest absolute Gasteiger partial charge is 0.293 e. The number of hydrogen-bond donors (Lipinski definition) is 1. The van der Waals surface area contributed by atoms with E-state index in [0.29, 0.717) is 5.65 Å². The average molecular weight is 282 g/mol. The van der Waals surface area contributed by atoms with E-state index in [0.717, 1.165) is 47.1 Å². The molecule has 5 heteroatoms. The highest BCUT2D eigenvalue weighted by Crippen LogP contribution is 2.22. The first-order valence-electron chi connectivity index (χ1n) is 5.47. The van der Waals surface area contributed by atoms with Gasteiger partial charge in [-0.15, -0.1) is 0 Å². The van der Waals surface area contributed by atoms with Crippen LogP contribution in [0.15, 0.2) is 9.27 Å². The molecule has 0 bridgehead atoms. The van der Waals surface area contributed by atoms with E-state index in [-0.39, 0.29) is 5.56 Å². The Hall–Kier alpha value is -1.10. The van der Waals surface area contributed by atoms with Crippen LogP contribution in [0.3, 0.4) is 0 Å². The number of aryl methyl sites for hydroxylation is 2. The lowest BCUT2D eigenvalue weighted by Crippen LogP contribution is -2.24. The standard InChI is InChI=1S/C11H12BrN3O/c1-6-9(12)10-13-8-5-3-2-4-7(8)11(16)15(10)14-6/h14H,2-5H2,1H3. The number of aromatic nitrogens is 3. The fourth-order valence-electron chi connectivity index (χ4n) is 2.29. The molecule has 0 unspecified atom stereocenters. The van der Waals surface area contributed by atoms with Gasteiger partial charge in [-0.2, -0.15) is 0 Å². The fourth-order valence-corrected chi connectivity index (χ4v) is 2.64. The highest BCUT2D eigenvalue weighted by atomic mass is 79.9. The van der Waals surface area contributed by atoms with Crippen LogP contribution in [0.25, 0.3) is 5.65 Å². The van der Waals surface area contributed by atoms with Crippen LogP contribution < -0.4 is 5.56 Å². The average Bonchev–Trinajstić information content (AvgIpc) is 2.58. The fraction of sp³-hybridized carbons (Fsp3) is 0.455. The Labute approximate surface area is 101 Å². The smallest absolute Gasteiger partial charge is 0.276 e. The molecule has 1 aliphatic rings. The number of H-pyrrole nitrogens is 1. The van der Waals surface area contributed by atoms with Crippen LogP contribution in [0, 0.1) is 6.92 Å². The van der Waals surface area contributed by atoms with E-state index in [9.17, 15) is 4.79 Å². The zero-order chi connectivity index (χ0) is 11.3. The molecule has 1 aliphatic carbocycles. The summed E-state index contributed by atoms with van der Waals surface area (Å²) in [7, 11) is 0. The monoisotopic (exact) mass is 281 g/mol. The summed E-state index contributed by atoms with van der Waals surface area (Å²) in [6, 6.07) is 0. The van der Waals surface area contributed by atoms with E-state index in [4.69, 9.17) is 0 Å². The van der Waals surface area contributed by atoms with Crippen molar-refractivity contribution in [1.82, 2.24) is 14.6 Å². The zero-order valence-corrected chi connectivity index (χ0v) is 10.6. The van der Waals surface area contributed by atoms with Gasteiger partial charge in [-0.3, -0.25) is 9.89 Å². The lowest BCUT2D eigenvalue weighted by molar-refractivity contribution is 0.651. The Morgan fingerprint density at radius 2 is 2.12 bits per heavy atom. The van der Waals surface area contributed by atoms with Crippen LogP contribution >= 0.6 is 15.9 Å². The van der Waals surface area contributed by atoms with Crippen molar-refractivity contribution in [3.05, 3.63) is 31.8 Å². The molecule has 84 valence electrons. The lowest BCUT2D eigenvalue weighted by atomic mass is 9.97. The first kappa shape index (κ1) is 10.1. The van der Waals surface area contributed by atoms with Crippen LogP contribution in [0.5, 0.6) is 0 Å². The van der Waals surface area contributed by atoms with Crippen molar-refractivity contribution >= 4 is 21.6 Å². The minimum Gasteiger partial charge on any atom is -0.293 e. The van der Waals surface area contributed by atoms with Gasteiger partial charge in [-0.05, 0) is 48.5 Å². The molecule has 1 N–H and O–H groups in total. The van der Waals surface area contributed by atoms with Crippen LogP contribution in [-0.2, 0) is 12.8 Å². The van der Waals surface area contributed by atoms with E-state index in [2.05, 4.69) is 26.0 Å². The number of nitrogens with one attached hydrogen (secondary N) is 1. The summed E-state index contributed by atoms with van der Waals surface area (Å²) in [5.41, 5.74) is 3.58. The molecular formula is C11H12BrN3O. The van der Waals surface area contributed by atoms with Crippen LogP contribution in [0.1, 0.15) is 29.8 Å². The van der Waals surface area contributed by atoms with Gasteiger partial charge in [0, 0.05) is 11.3 Å². The van der Waals surface area contributed by atoms with Gasteiger partial charge in [0.2, 0.25) is 0 Å². The number of halogens is 1. The topological polar surface area (TPSA) is 50.2 Å². The third kappa shape index (κ3) is 1.27. The third-order valence-corrected chi connectivity index (χ3v) is 4.11. The maximum atomic E-state index is 12.2. The van der Waals surface area contributed by atoms with Gasteiger partial charge in [0.15, 0.2) is 5.65 Å². The SMILES string of the molecule is Cc1[nH]n2c(=O)c3c(nc2c1Br)CCCC3. The van der Waals surface area contributed by atoms with Crippen molar-refractivity contribution in [2.75, 3.05) is 0 Å². The normalized spacial score (nSPS) is 15.4. The molecule has 2 heterocycles. The second-order valence-electron chi connectivity index (χ2n) is 4.26. The molecule has 0 aromatic carbocycles.